The lowest BCUT2D eigenvalue weighted by molar-refractivity contribution is -0.176. The average molecular weight is 415 g/mol. The van der Waals surface area contributed by atoms with Crippen LogP contribution in [0.25, 0.3) is 0 Å². The topological polar surface area (TPSA) is 47.9 Å². The minimum Gasteiger partial charge on any atom is -0.377 e. The third kappa shape index (κ3) is 9.08. The molecule has 174 valence electrons. The van der Waals surface area contributed by atoms with E-state index in [0.717, 1.165) is 6.42 Å². The van der Waals surface area contributed by atoms with Gasteiger partial charge in [-0.2, -0.15) is 0 Å². The number of ether oxygens (including phenoxy) is 3. The number of rotatable bonds is 12. The normalized spacial score (nSPS) is 18.8. The second-order valence-electron chi connectivity index (χ2n) is 11.6. The minimum atomic E-state index is -0.970. The van der Waals surface area contributed by atoms with Gasteiger partial charge >= 0.3 is 0 Å². The second-order valence-corrected chi connectivity index (χ2v) is 11.6. The molecular formula is C25H50O4. The lowest BCUT2D eigenvalue weighted by atomic mass is 9.78. The molecule has 0 aliphatic carbocycles. The Hall–Kier alpha value is -0.420. The average Bonchev–Trinajstić information content (AvgIpc) is 2.58. The van der Waals surface area contributed by atoms with Crippen molar-refractivity contribution in [1.82, 2.24) is 0 Å². The summed E-state index contributed by atoms with van der Waals surface area (Å²) in [5.74, 6) is 0.408. The first-order chi connectivity index (χ1) is 12.9. The molecule has 0 aliphatic heterocycles. The summed E-state index contributed by atoms with van der Waals surface area (Å²) in [7, 11) is 0. The first kappa shape index (κ1) is 28.6. The Bertz CT molecular complexity index is 498. The van der Waals surface area contributed by atoms with Gasteiger partial charge in [-0.05, 0) is 56.4 Å². The molecule has 0 radical (unpaired) electrons. The second kappa shape index (κ2) is 10.7. The molecule has 0 saturated heterocycles. The largest absolute Gasteiger partial charge is 0.377 e. The highest BCUT2D eigenvalue weighted by Crippen LogP contribution is 2.37. The Morgan fingerprint density at radius 2 is 1.38 bits per heavy atom. The zero-order valence-electron chi connectivity index (χ0n) is 21.4. The molecule has 1 N–H and O–H groups in total. The van der Waals surface area contributed by atoms with Gasteiger partial charge in [-0.1, -0.05) is 62.0 Å². The van der Waals surface area contributed by atoms with Crippen molar-refractivity contribution >= 4 is 0 Å². The third-order valence-electron chi connectivity index (χ3n) is 6.99. The van der Waals surface area contributed by atoms with Crippen molar-refractivity contribution in [3.8, 4) is 0 Å². The monoisotopic (exact) mass is 414 g/mol. The van der Waals surface area contributed by atoms with Crippen molar-refractivity contribution in [2.75, 3.05) is 19.8 Å². The van der Waals surface area contributed by atoms with Crippen LogP contribution >= 0.6 is 0 Å². The van der Waals surface area contributed by atoms with Crippen molar-refractivity contribution in [2.24, 2.45) is 22.2 Å². The summed E-state index contributed by atoms with van der Waals surface area (Å²) in [5.41, 5.74) is 0.127. The van der Waals surface area contributed by atoms with Crippen LogP contribution in [0.5, 0.6) is 0 Å². The molecule has 0 saturated carbocycles. The Morgan fingerprint density at radius 1 is 0.897 bits per heavy atom. The van der Waals surface area contributed by atoms with Crippen LogP contribution in [0.1, 0.15) is 89.5 Å². The summed E-state index contributed by atoms with van der Waals surface area (Å²) < 4.78 is 18.6. The number of aliphatic hydroxyl groups is 1. The fourth-order valence-corrected chi connectivity index (χ4v) is 2.54. The molecule has 0 heterocycles. The smallest absolute Gasteiger partial charge is 0.176 e. The maximum atomic E-state index is 10.1. The summed E-state index contributed by atoms with van der Waals surface area (Å²) in [6, 6.07) is 0. The van der Waals surface area contributed by atoms with E-state index in [9.17, 15) is 5.11 Å². The van der Waals surface area contributed by atoms with Crippen LogP contribution in [0.4, 0.5) is 0 Å². The van der Waals surface area contributed by atoms with Crippen LogP contribution in [0.3, 0.4) is 0 Å². The van der Waals surface area contributed by atoms with Gasteiger partial charge in [0.05, 0.1) is 31.5 Å². The molecule has 0 fully saturated rings. The van der Waals surface area contributed by atoms with Crippen molar-refractivity contribution in [3.05, 3.63) is 12.2 Å². The predicted octanol–water partition coefficient (Wildman–Crippen LogP) is 6.22. The van der Waals surface area contributed by atoms with E-state index in [2.05, 4.69) is 82.7 Å². The molecule has 4 nitrogen and oxygen atoms in total. The van der Waals surface area contributed by atoms with Crippen LogP contribution in [-0.2, 0) is 14.2 Å². The fourth-order valence-electron chi connectivity index (χ4n) is 2.54. The molecule has 0 rings (SSSR count). The Balaban J connectivity index is 5.42. The van der Waals surface area contributed by atoms with E-state index in [1.54, 1.807) is 6.92 Å². The molecule has 0 aromatic heterocycles. The van der Waals surface area contributed by atoms with E-state index >= 15 is 0 Å². The SMILES string of the molecule is C=C(C)C(O)OCC(CC)(COC(C)C(C)C(C)(C)C)COC(C)(C)C(C)(C)C. The molecule has 4 atom stereocenters. The molecular weight excluding hydrogens is 364 g/mol. The Labute approximate surface area is 181 Å². The van der Waals surface area contributed by atoms with Gasteiger partial charge < -0.3 is 19.3 Å². The molecule has 0 amide bonds. The summed E-state index contributed by atoms with van der Waals surface area (Å²) in [6.45, 7) is 31.0. The predicted molar refractivity (Wildman–Crippen MR) is 123 cm³/mol. The summed E-state index contributed by atoms with van der Waals surface area (Å²) in [4.78, 5) is 0. The summed E-state index contributed by atoms with van der Waals surface area (Å²) >= 11 is 0. The Kier molecular flexibility index (Phi) is 10.6. The number of aliphatic hydroxyl groups excluding tert-OH is 1. The molecule has 0 aromatic rings. The van der Waals surface area contributed by atoms with Crippen molar-refractivity contribution in [3.63, 3.8) is 0 Å². The van der Waals surface area contributed by atoms with Crippen molar-refractivity contribution in [1.29, 1.82) is 0 Å². The highest BCUT2D eigenvalue weighted by atomic mass is 16.6. The quantitative estimate of drug-likeness (QED) is 0.304. The zero-order valence-corrected chi connectivity index (χ0v) is 21.4. The van der Waals surface area contributed by atoms with Crippen LogP contribution in [0, 0.1) is 22.2 Å². The van der Waals surface area contributed by atoms with Gasteiger partial charge in [0.1, 0.15) is 0 Å². The number of hydrogen-bond donors (Lipinski definition) is 1. The fraction of sp³-hybridized carbons (Fsp3) is 0.920. The van der Waals surface area contributed by atoms with Gasteiger partial charge in [0.2, 0.25) is 0 Å². The lowest BCUT2D eigenvalue weighted by Crippen LogP contribution is -2.46. The van der Waals surface area contributed by atoms with E-state index in [1.807, 2.05) is 0 Å². The van der Waals surface area contributed by atoms with Crippen molar-refractivity contribution in [2.45, 2.75) is 108 Å². The van der Waals surface area contributed by atoms with Gasteiger partial charge in [0, 0.05) is 5.41 Å². The first-order valence-electron chi connectivity index (χ1n) is 11.1. The molecule has 0 aliphatic rings. The van der Waals surface area contributed by atoms with E-state index in [4.69, 9.17) is 14.2 Å². The van der Waals surface area contributed by atoms with E-state index < -0.39 is 6.29 Å². The molecule has 0 bridgehead atoms. The molecule has 4 unspecified atom stereocenters. The first-order valence-corrected chi connectivity index (χ1v) is 11.1. The van der Waals surface area contributed by atoms with Crippen LogP contribution in [-0.4, -0.2) is 42.9 Å². The summed E-state index contributed by atoms with van der Waals surface area (Å²) in [5, 5.41) is 10.1. The van der Waals surface area contributed by atoms with E-state index in [1.165, 1.54) is 0 Å². The van der Waals surface area contributed by atoms with Crippen LogP contribution < -0.4 is 0 Å². The third-order valence-corrected chi connectivity index (χ3v) is 6.99. The van der Waals surface area contributed by atoms with Gasteiger partial charge in [0.25, 0.3) is 0 Å². The lowest BCUT2D eigenvalue weighted by Gasteiger charge is -2.43. The maximum absolute atomic E-state index is 10.1. The Morgan fingerprint density at radius 3 is 1.76 bits per heavy atom. The van der Waals surface area contributed by atoms with Crippen molar-refractivity contribution < 1.29 is 19.3 Å². The maximum Gasteiger partial charge on any atom is 0.176 e. The van der Waals surface area contributed by atoms with Gasteiger partial charge in [-0.25, -0.2) is 0 Å². The zero-order chi connectivity index (χ0) is 23.3. The number of hydrogen-bond acceptors (Lipinski definition) is 4. The standard InChI is InChI=1S/C25H50O4/c1-14-25(16-28-21(26)18(2)3,17-29-24(12,13)23(9,10)11)15-27-20(5)19(4)22(6,7)8/h19-21,26H,2,14-17H2,1,3-13H3. The van der Waals surface area contributed by atoms with Crippen LogP contribution in [0.2, 0.25) is 0 Å². The highest BCUT2D eigenvalue weighted by Gasteiger charge is 2.39. The molecule has 0 aromatic carbocycles. The molecule has 29 heavy (non-hydrogen) atoms. The van der Waals surface area contributed by atoms with E-state index in [0.29, 0.717) is 31.3 Å². The van der Waals surface area contributed by atoms with Gasteiger partial charge in [-0.3, -0.25) is 0 Å². The highest BCUT2D eigenvalue weighted by molar-refractivity contribution is 4.93. The van der Waals surface area contributed by atoms with Gasteiger partial charge in [-0.15, -0.1) is 0 Å². The van der Waals surface area contributed by atoms with E-state index in [-0.39, 0.29) is 27.9 Å². The molecule has 0 spiro atoms. The minimum absolute atomic E-state index is 0.000541. The van der Waals surface area contributed by atoms with Crippen LogP contribution in [0.15, 0.2) is 12.2 Å². The van der Waals surface area contributed by atoms with Gasteiger partial charge in [0.15, 0.2) is 6.29 Å². The summed E-state index contributed by atoms with van der Waals surface area (Å²) in [6.07, 6.45) is -0.0303. The molecule has 4 heteroatoms.